The van der Waals surface area contributed by atoms with Gasteiger partial charge in [-0.05, 0) is 74.7 Å². The van der Waals surface area contributed by atoms with Crippen LogP contribution in [0.3, 0.4) is 0 Å². The summed E-state index contributed by atoms with van der Waals surface area (Å²) >= 11 is 6.00. The Kier molecular flexibility index (Phi) is 6.57. The number of amides is 1. The molecule has 2 fully saturated rings. The van der Waals surface area contributed by atoms with Crippen LogP contribution in [0, 0.1) is 0 Å². The van der Waals surface area contributed by atoms with E-state index in [4.69, 9.17) is 36.5 Å². The number of nitrogens with two attached hydrogens (primary N) is 1. The second kappa shape index (κ2) is 10.4. The number of imidazole rings is 1. The summed E-state index contributed by atoms with van der Waals surface area (Å²) in [5, 5.41) is 0.578. The van der Waals surface area contributed by atoms with Crippen molar-refractivity contribution in [2.24, 2.45) is 5.73 Å². The molecule has 2 aromatic carbocycles. The Hall–Kier alpha value is -3.66. The molecule has 3 aliphatic rings. The minimum atomic E-state index is -0.573. The van der Waals surface area contributed by atoms with Crippen molar-refractivity contribution in [3.05, 3.63) is 82.4 Å². The number of rotatable bonds is 7. The van der Waals surface area contributed by atoms with Gasteiger partial charge in [0.1, 0.15) is 11.5 Å². The number of nitrogens with zero attached hydrogens (tertiary/aromatic N) is 4. The Labute approximate surface area is 236 Å². The molecule has 0 radical (unpaired) electrons. The van der Waals surface area contributed by atoms with Crippen molar-refractivity contribution >= 4 is 28.5 Å². The molecule has 7 rings (SSSR count). The fraction of sp³-hybridized carbons (Fsp3) is 0.367. The van der Waals surface area contributed by atoms with Crippen molar-refractivity contribution in [1.82, 2.24) is 19.4 Å². The first kappa shape index (κ1) is 25.3. The lowest BCUT2D eigenvalue weighted by Gasteiger charge is -2.33. The Morgan fingerprint density at radius 1 is 1.07 bits per heavy atom. The highest BCUT2D eigenvalue weighted by molar-refractivity contribution is 6.30. The number of carbonyl (C=O) groups excluding carboxylic acids is 1. The molecule has 2 aromatic heterocycles. The van der Waals surface area contributed by atoms with Crippen LogP contribution in [0.1, 0.15) is 58.9 Å². The Bertz CT molecular complexity index is 1560. The molecule has 4 aromatic rings. The first-order valence-electron chi connectivity index (χ1n) is 13.7. The first-order chi connectivity index (χ1) is 19.5. The second-order valence-corrected chi connectivity index (χ2v) is 11.1. The predicted molar refractivity (Wildman–Crippen MR) is 150 cm³/mol. The van der Waals surface area contributed by atoms with E-state index in [0.717, 1.165) is 80.4 Å². The second-order valence-electron chi connectivity index (χ2n) is 10.7. The summed E-state index contributed by atoms with van der Waals surface area (Å²) in [5.41, 5.74) is 9.73. The molecule has 206 valence electrons. The molecule has 2 saturated heterocycles. The van der Waals surface area contributed by atoms with Crippen LogP contribution in [-0.4, -0.2) is 51.1 Å². The quantitative estimate of drug-likeness (QED) is 0.346. The fourth-order valence-electron chi connectivity index (χ4n) is 5.85. The number of primary amides is 1. The zero-order chi connectivity index (χ0) is 27.2. The van der Waals surface area contributed by atoms with E-state index in [-0.39, 0.29) is 6.10 Å². The average Bonchev–Trinajstić information content (AvgIpc) is 3.52. The van der Waals surface area contributed by atoms with Crippen LogP contribution in [0.25, 0.3) is 11.0 Å². The highest BCUT2D eigenvalue weighted by Crippen LogP contribution is 2.47. The van der Waals surface area contributed by atoms with Crippen molar-refractivity contribution in [3.63, 3.8) is 0 Å². The number of carbonyl (C=O) groups is 1. The van der Waals surface area contributed by atoms with E-state index in [1.165, 1.54) is 5.56 Å². The van der Waals surface area contributed by atoms with Crippen LogP contribution in [-0.2, 0) is 17.8 Å². The molecule has 0 spiro atoms. The van der Waals surface area contributed by atoms with Gasteiger partial charge in [0.05, 0.1) is 35.2 Å². The first-order valence-corrected chi connectivity index (χ1v) is 14.1. The van der Waals surface area contributed by atoms with Gasteiger partial charge in [-0.2, -0.15) is 0 Å². The SMILES string of the molecule is NC(=O)c1ccc2nc(CN3CCC(c4cccc5c4OC(c4ccc(Cl)cn4)O5)CC3)n(CC3CCO3)c2c1. The lowest BCUT2D eigenvalue weighted by molar-refractivity contribution is -0.0592. The van der Waals surface area contributed by atoms with Crippen LogP contribution in [0.15, 0.2) is 54.7 Å². The third kappa shape index (κ3) is 4.78. The van der Waals surface area contributed by atoms with E-state index >= 15 is 0 Å². The zero-order valence-electron chi connectivity index (χ0n) is 22.0. The summed E-state index contributed by atoms with van der Waals surface area (Å²) in [5.74, 6) is 2.49. The maximum atomic E-state index is 11.8. The number of fused-ring (bicyclic) bond motifs is 2. The third-order valence-corrected chi connectivity index (χ3v) is 8.37. The van der Waals surface area contributed by atoms with E-state index in [0.29, 0.717) is 22.2 Å². The van der Waals surface area contributed by atoms with Gasteiger partial charge in [0.2, 0.25) is 5.91 Å². The van der Waals surface area contributed by atoms with Crippen molar-refractivity contribution in [3.8, 4) is 11.5 Å². The van der Waals surface area contributed by atoms with Crippen molar-refractivity contribution in [2.75, 3.05) is 19.7 Å². The van der Waals surface area contributed by atoms with Crippen LogP contribution >= 0.6 is 11.6 Å². The van der Waals surface area contributed by atoms with E-state index in [1.807, 2.05) is 30.3 Å². The summed E-state index contributed by atoms with van der Waals surface area (Å²) in [7, 11) is 0. The molecule has 2 unspecified atom stereocenters. The number of halogens is 1. The number of likely N-dealkylation sites (tertiary alicyclic amines) is 1. The number of hydrogen-bond acceptors (Lipinski definition) is 7. The number of para-hydroxylation sites is 1. The number of piperidine rings is 1. The van der Waals surface area contributed by atoms with Crippen LogP contribution in [0.2, 0.25) is 5.02 Å². The summed E-state index contributed by atoms with van der Waals surface area (Å²) in [6.45, 7) is 4.13. The van der Waals surface area contributed by atoms with Gasteiger partial charge >= 0.3 is 0 Å². The lowest BCUT2D eigenvalue weighted by atomic mass is 9.88. The molecule has 5 heterocycles. The minimum Gasteiger partial charge on any atom is -0.445 e. The number of pyridine rings is 1. The molecule has 3 aliphatic heterocycles. The van der Waals surface area contributed by atoms with Crippen LogP contribution in [0.4, 0.5) is 0 Å². The third-order valence-electron chi connectivity index (χ3n) is 8.14. The van der Waals surface area contributed by atoms with E-state index in [1.54, 1.807) is 18.3 Å². The van der Waals surface area contributed by atoms with Crippen molar-refractivity contribution < 1.29 is 19.0 Å². The van der Waals surface area contributed by atoms with Crippen LogP contribution in [0.5, 0.6) is 11.5 Å². The summed E-state index contributed by atoms with van der Waals surface area (Å²) in [6.07, 6.45) is 4.24. The molecular weight excluding hydrogens is 530 g/mol. The van der Waals surface area contributed by atoms with Gasteiger partial charge in [0, 0.05) is 23.9 Å². The predicted octanol–water partition coefficient (Wildman–Crippen LogP) is 4.82. The van der Waals surface area contributed by atoms with Gasteiger partial charge in [-0.1, -0.05) is 23.7 Å². The maximum absolute atomic E-state index is 11.8. The molecule has 0 aliphatic carbocycles. The molecule has 2 atom stereocenters. The highest BCUT2D eigenvalue weighted by Gasteiger charge is 2.33. The molecule has 9 nitrogen and oxygen atoms in total. The Morgan fingerprint density at radius 2 is 1.93 bits per heavy atom. The number of hydrogen-bond donors (Lipinski definition) is 1. The molecule has 1 amide bonds. The van der Waals surface area contributed by atoms with Gasteiger partial charge in [-0.25, -0.2) is 4.98 Å². The van der Waals surface area contributed by atoms with E-state index in [2.05, 4.69) is 20.5 Å². The smallest absolute Gasteiger partial charge is 0.284 e. The standard InChI is InChI=1S/C30H30ClN5O4/c31-20-5-7-24(33-15-20)30-39-26-3-1-2-22(28(26)40-30)18-8-11-35(12-9-18)17-27-34-23-6-4-19(29(32)37)14-25(23)36(27)16-21-10-13-38-21/h1-7,14-15,18,21,30H,8-13,16-17H2,(H2,32,37). The summed E-state index contributed by atoms with van der Waals surface area (Å²) in [6, 6.07) is 15.2. The highest BCUT2D eigenvalue weighted by atomic mass is 35.5. The van der Waals surface area contributed by atoms with Gasteiger partial charge < -0.3 is 24.5 Å². The summed E-state index contributed by atoms with van der Waals surface area (Å²) < 4.78 is 20.3. The van der Waals surface area contributed by atoms with Gasteiger partial charge in [-0.15, -0.1) is 0 Å². The normalized spacial score (nSPS) is 21.0. The topological polar surface area (TPSA) is 105 Å². The average molecular weight is 560 g/mol. The van der Waals surface area contributed by atoms with E-state index in [9.17, 15) is 4.79 Å². The lowest BCUT2D eigenvalue weighted by Crippen LogP contribution is -2.35. The number of aromatic nitrogens is 3. The maximum Gasteiger partial charge on any atom is 0.284 e. The molecular formula is C30H30ClN5O4. The minimum absolute atomic E-state index is 0.174. The molecule has 2 N–H and O–H groups in total. The van der Waals surface area contributed by atoms with Crippen molar-refractivity contribution in [1.29, 1.82) is 0 Å². The molecule has 0 saturated carbocycles. The van der Waals surface area contributed by atoms with Gasteiger partial charge in [-0.3, -0.25) is 14.7 Å². The van der Waals surface area contributed by atoms with Crippen molar-refractivity contribution in [2.45, 2.75) is 50.7 Å². The molecule has 10 heteroatoms. The fourth-order valence-corrected chi connectivity index (χ4v) is 5.96. The molecule has 0 bridgehead atoms. The number of ether oxygens (including phenoxy) is 3. The molecule has 40 heavy (non-hydrogen) atoms. The Morgan fingerprint density at radius 3 is 2.65 bits per heavy atom. The number of benzene rings is 2. The van der Waals surface area contributed by atoms with E-state index < -0.39 is 12.2 Å². The zero-order valence-corrected chi connectivity index (χ0v) is 22.7. The Balaban J connectivity index is 1.06. The van der Waals surface area contributed by atoms with Gasteiger partial charge in [0.15, 0.2) is 11.5 Å². The van der Waals surface area contributed by atoms with Crippen LogP contribution < -0.4 is 15.2 Å². The van der Waals surface area contributed by atoms with Gasteiger partial charge in [0.25, 0.3) is 6.29 Å². The summed E-state index contributed by atoms with van der Waals surface area (Å²) in [4.78, 5) is 23.6. The largest absolute Gasteiger partial charge is 0.445 e. The monoisotopic (exact) mass is 559 g/mol.